The second-order valence-electron chi connectivity index (χ2n) is 13.2. The monoisotopic (exact) mass is 634 g/mol. The van der Waals surface area contributed by atoms with E-state index in [0.29, 0.717) is 43.1 Å². The molecule has 47 heavy (non-hydrogen) atoms. The SMILES string of the molecule is CC1CCN(C(=O)OC(C)(C)C)CC1c1ccc2c(c1)n(C)c(=O)n2-c1ccc(OCc2ccccc2)nc1OCc1ccccc1. The summed E-state index contributed by atoms with van der Waals surface area (Å²) in [7, 11) is 1.78. The summed E-state index contributed by atoms with van der Waals surface area (Å²) < 4.78 is 21.3. The molecule has 1 aliphatic rings. The van der Waals surface area contributed by atoms with E-state index < -0.39 is 5.60 Å². The zero-order valence-electron chi connectivity index (χ0n) is 27.7. The van der Waals surface area contributed by atoms with Crippen molar-refractivity contribution in [3.63, 3.8) is 0 Å². The van der Waals surface area contributed by atoms with Gasteiger partial charge in [0.2, 0.25) is 11.8 Å². The van der Waals surface area contributed by atoms with Crippen LogP contribution in [-0.2, 0) is 25.0 Å². The van der Waals surface area contributed by atoms with Crippen molar-refractivity contribution in [2.75, 3.05) is 13.1 Å². The highest BCUT2D eigenvalue weighted by Gasteiger charge is 2.33. The smallest absolute Gasteiger partial charge is 0.410 e. The van der Waals surface area contributed by atoms with Gasteiger partial charge in [0.1, 0.15) is 24.5 Å². The summed E-state index contributed by atoms with van der Waals surface area (Å²) in [4.78, 5) is 33.3. The maximum Gasteiger partial charge on any atom is 0.410 e. The van der Waals surface area contributed by atoms with E-state index in [1.165, 1.54) is 0 Å². The number of aryl methyl sites for hydroxylation is 1. The molecule has 9 heteroatoms. The number of carbonyl (C=O) groups excluding carboxylic acids is 1. The number of nitrogens with zero attached hydrogens (tertiary/aromatic N) is 4. The number of piperidine rings is 1. The number of pyridine rings is 1. The minimum Gasteiger partial charge on any atom is -0.473 e. The molecule has 2 unspecified atom stereocenters. The number of amides is 1. The molecule has 0 radical (unpaired) electrons. The lowest BCUT2D eigenvalue weighted by molar-refractivity contribution is 0.0164. The third-order valence-corrected chi connectivity index (χ3v) is 8.62. The first-order valence-electron chi connectivity index (χ1n) is 16.1. The Bertz CT molecular complexity index is 1910. The lowest BCUT2D eigenvalue weighted by Crippen LogP contribution is -2.44. The summed E-state index contributed by atoms with van der Waals surface area (Å²) in [6, 6.07) is 29.4. The normalized spacial score (nSPS) is 16.7. The Labute approximate surface area is 275 Å². The highest BCUT2D eigenvalue weighted by molar-refractivity contribution is 5.80. The molecule has 1 saturated heterocycles. The Balaban J connectivity index is 1.34. The van der Waals surface area contributed by atoms with Crippen LogP contribution in [0.15, 0.2) is 95.8 Å². The van der Waals surface area contributed by atoms with Crippen LogP contribution in [-0.4, -0.2) is 43.8 Å². The summed E-state index contributed by atoms with van der Waals surface area (Å²) in [6.45, 7) is 9.71. The average molecular weight is 635 g/mol. The van der Waals surface area contributed by atoms with E-state index in [4.69, 9.17) is 19.2 Å². The van der Waals surface area contributed by atoms with Crippen LogP contribution in [0.5, 0.6) is 11.8 Å². The Morgan fingerprint density at radius 3 is 2.19 bits per heavy atom. The van der Waals surface area contributed by atoms with E-state index in [1.807, 2.05) is 93.6 Å². The molecule has 0 N–H and O–H groups in total. The lowest BCUT2D eigenvalue weighted by atomic mass is 9.82. The van der Waals surface area contributed by atoms with E-state index in [9.17, 15) is 9.59 Å². The molecular weight excluding hydrogens is 592 g/mol. The first kappa shape index (κ1) is 31.9. The van der Waals surface area contributed by atoms with Crippen molar-refractivity contribution in [2.45, 2.75) is 58.8 Å². The van der Waals surface area contributed by atoms with Gasteiger partial charge in [-0.1, -0.05) is 73.7 Å². The number of rotatable bonds is 8. The van der Waals surface area contributed by atoms with Crippen LogP contribution in [0.4, 0.5) is 4.79 Å². The van der Waals surface area contributed by atoms with Crippen molar-refractivity contribution in [1.82, 2.24) is 19.0 Å². The fraction of sp³-hybridized carbons (Fsp3) is 0.342. The Kier molecular flexibility index (Phi) is 9.07. The molecule has 5 aromatic rings. The van der Waals surface area contributed by atoms with E-state index >= 15 is 0 Å². The molecule has 0 spiro atoms. The number of ether oxygens (including phenoxy) is 3. The van der Waals surface area contributed by atoms with Crippen LogP contribution >= 0.6 is 0 Å². The van der Waals surface area contributed by atoms with E-state index in [0.717, 1.165) is 34.1 Å². The summed E-state index contributed by atoms with van der Waals surface area (Å²) in [6.07, 6.45) is 0.578. The zero-order valence-corrected chi connectivity index (χ0v) is 27.7. The van der Waals surface area contributed by atoms with Crippen LogP contribution in [0.2, 0.25) is 0 Å². The average Bonchev–Trinajstić information content (AvgIpc) is 3.31. The predicted octanol–water partition coefficient (Wildman–Crippen LogP) is 7.24. The van der Waals surface area contributed by atoms with Gasteiger partial charge < -0.3 is 19.1 Å². The highest BCUT2D eigenvalue weighted by Crippen LogP contribution is 2.35. The number of hydrogen-bond donors (Lipinski definition) is 0. The molecule has 9 nitrogen and oxygen atoms in total. The molecule has 2 aromatic heterocycles. The first-order valence-corrected chi connectivity index (χ1v) is 16.1. The van der Waals surface area contributed by atoms with Crippen molar-refractivity contribution in [3.05, 3.63) is 118 Å². The number of hydrogen-bond acceptors (Lipinski definition) is 6. The maximum atomic E-state index is 13.9. The largest absolute Gasteiger partial charge is 0.473 e. The summed E-state index contributed by atoms with van der Waals surface area (Å²) in [5.74, 6) is 1.16. The number of likely N-dealkylation sites (tertiary alicyclic amines) is 1. The van der Waals surface area contributed by atoms with Crippen molar-refractivity contribution in [3.8, 4) is 17.4 Å². The fourth-order valence-corrected chi connectivity index (χ4v) is 6.04. The van der Waals surface area contributed by atoms with Crippen LogP contribution < -0.4 is 15.2 Å². The number of carbonyl (C=O) groups is 1. The summed E-state index contributed by atoms with van der Waals surface area (Å²) in [5.41, 5.74) is 4.35. The van der Waals surface area contributed by atoms with Gasteiger partial charge in [0.15, 0.2) is 0 Å². The Morgan fingerprint density at radius 2 is 1.53 bits per heavy atom. The Hall–Kier alpha value is -5.05. The van der Waals surface area contributed by atoms with E-state index in [-0.39, 0.29) is 24.3 Å². The highest BCUT2D eigenvalue weighted by atomic mass is 16.6. The van der Waals surface area contributed by atoms with Crippen LogP contribution in [0, 0.1) is 5.92 Å². The van der Waals surface area contributed by atoms with Crippen molar-refractivity contribution >= 4 is 17.1 Å². The topological polar surface area (TPSA) is 87.8 Å². The molecule has 3 heterocycles. The number of aromatic nitrogens is 3. The Morgan fingerprint density at radius 1 is 0.872 bits per heavy atom. The standard InChI is InChI=1S/C38H42N4O5/c1-26-20-21-41(37(44)47-38(2,3)4)23-30(26)29-16-17-31-33(22-29)40(5)36(43)42(31)32-18-19-34(45-24-27-12-8-6-9-13-27)39-35(32)46-25-28-14-10-7-11-15-28/h6-19,22,26,30H,20-21,23-25H2,1-5H3. The molecule has 0 aliphatic carbocycles. The molecule has 1 amide bonds. The van der Waals surface area contributed by atoms with Crippen molar-refractivity contribution in [2.24, 2.45) is 13.0 Å². The quantitative estimate of drug-likeness (QED) is 0.179. The molecule has 3 aromatic carbocycles. The number of benzene rings is 3. The van der Waals surface area contributed by atoms with Crippen molar-refractivity contribution in [1.29, 1.82) is 0 Å². The molecule has 1 fully saturated rings. The zero-order chi connectivity index (χ0) is 33.1. The van der Waals surface area contributed by atoms with Crippen molar-refractivity contribution < 1.29 is 19.0 Å². The minimum atomic E-state index is -0.555. The molecule has 0 saturated carbocycles. The lowest BCUT2D eigenvalue weighted by Gasteiger charge is -2.38. The van der Waals surface area contributed by atoms with E-state index in [1.54, 1.807) is 27.1 Å². The first-order chi connectivity index (χ1) is 22.6. The molecule has 1 aliphatic heterocycles. The second-order valence-corrected chi connectivity index (χ2v) is 13.2. The maximum absolute atomic E-state index is 13.9. The van der Waals surface area contributed by atoms with Crippen LogP contribution in [0.25, 0.3) is 16.7 Å². The van der Waals surface area contributed by atoms with Gasteiger partial charge in [0.25, 0.3) is 0 Å². The third kappa shape index (κ3) is 7.19. The van der Waals surface area contributed by atoms with Gasteiger partial charge in [-0.25, -0.2) is 9.59 Å². The van der Waals surface area contributed by atoms with Gasteiger partial charge >= 0.3 is 11.8 Å². The summed E-state index contributed by atoms with van der Waals surface area (Å²) in [5, 5.41) is 0. The second kappa shape index (κ2) is 13.4. The van der Waals surface area contributed by atoms with Crippen LogP contribution in [0.3, 0.4) is 0 Å². The number of fused-ring (bicyclic) bond motifs is 1. The third-order valence-electron chi connectivity index (χ3n) is 8.62. The van der Waals surface area contributed by atoms with Gasteiger partial charge in [0, 0.05) is 32.1 Å². The van der Waals surface area contributed by atoms with Gasteiger partial charge in [-0.2, -0.15) is 4.98 Å². The van der Waals surface area contributed by atoms with E-state index in [2.05, 4.69) is 19.1 Å². The van der Waals surface area contributed by atoms with Crippen LogP contribution in [0.1, 0.15) is 56.7 Å². The molecule has 244 valence electrons. The number of imidazole rings is 1. The molecule has 6 rings (SSSR count). The van der Waals surface area contributed by atoms with Gasteiger partial charge in [-0.3, -0.25) is 9.13 Å². The summed E-state index contributed by atoms with van der Waals surface area (Å²) >= 11 is 0. The molecular formula is C38H42N4O5. The minimum absolute atomic E-state index is 0.103. The van der Waals surface area contributed by atoms with Gasteiger partial charge in [0.05, 0.1) is 11.0 Å². The molecule has 2 atom stereocenters. The molecule has 0 bridgehead atoms. The van der Waals surface area contributed by atoms with Gasteiger partial charge in [-0.15, -0.1) is 0 Å². The fourth-order valence-electron chi connectivity index (χ4n) is 6.04. The van der Waals surface area contributed by atoms with Gasteiger partial charge in [-0.05, 0) is 68.0 Å². The predicted molar refractivity (Wildman–Crippen MR) is 182 cm³/mol.